The van der Waals surface area contributed by atoms with E-state index in [2.05, 4.69) is 15.6 Å². The fraction of sp³-hybridized carbons (Fsp3) is 0.316. The summed E-state index contributed by atoms with van der Waals surface area (Å²) in [5, 5.41) is 5.66. The number of hydrogen-bond donors (Lipinski definition) is 2. The van der Waals surface area contributed by atoms with Crippen molar-refractivity contribution >= 4 is 11.8 Å². The quantitative estimate of drug-likeness (QED) is 0.821. The molecule has 1 heterocycles. The van der Waals surface area contributed by atoms with E-state index in [0.29, 0.717) is 24.6 Å². The summed E-state index contributed by atoms with van der Waals surface area (Å²) >= 11 is 0. The molecule has 126 valence electrons. The predicted octanol–water partition coefficient (Wildman–Crippen LogP) is 2.44. The van der Waals surface area contributed by atoms with Crippen molar-refractivity contribution in [3.63, 3.8) is 0 Å². The highest BCUT2D eigenvalue weighted by Crippen LogP contribution is 2.03. The fourth-order valence-electron chi connectivity index (χ4n) is 2.15. The summed E-state index contributed by atoms with van der Waals surface area (Å²) in [6.07, 6.45) is 2.23. The summed E-state index contributed by atoms with van der Waals surface area (Å²) in [5.74, 6) is -0.0922. The van der Waals surface area contributed by atoms with Crippen molar-refractivity contribution in [1.29, 1.82) is 0 Å². The number of nitrogens with one attached hydrogen (secondary N) is 2. The summed E-state index contributed by atoms with van der Waals surface area (Å²) in [7, 11) is 0. The second-order valence-corrected chi connectivity index (χ2v) is 6.03. The fourth-order valence-corrected chi connectivity index (χ4v) is 2.15. The van der Waals surface area contributed by atoms with E-state index < -0.39 is 0 Å². The van der Waals surface area contributed by atoms with Crippen LogP contribution in [-0.4, -0.2) is 29.9 Å². The van der Waals surface area contributed by atoms with Crippen LogP contribution < -0.4 is 10.6 Å². The first-order chi connectivity index (χ1) is 11.6. The Labute approximate surface area is 142 Å². The van der Waals surface area contributed by atoms with Crippen molar-refractivity contribution in [2.24, 2.45) is 5.92 Å². The average Bonchev–Trinajstić information content (AvgIpc) is 2.60. The summed E-state index contributed by atoms with van der Waals surface area (Å²) < 4.78 is 0. The maximum atomic E-state index is 12.2. The number of benzene rings is 1. The van der Waals surface area contributed by atoms with Crippen LogP contribution in [-0.2, 0) is 6.42 Å². The average molecular weight is 325 g/mol. The first-order valence-corrected chi connectivity index (χ1v) is 8.12. The standard InChI is InChI=1S/C19H23N3O2/c1-14(2)13-22-18(23)16-9-11-20-17(12-16)19(24)21-10-8-15-6-4-3-5-7-15/h3-7,9,11-12,14H,8,10,13H2,1-2H3,(H,21,24)(H,22,23). The molecule has 0 saturated carbocycles. The molecule has 1 aromatic heterocycles. The second kappa shape index (κ2) is 8.82. The Morgan fingerprint density at radius 1 is 1.04 bits per heavy atom. The summed E-state index contributed by atoms with van der Waals surface area (Å²) in [6, 6.07) is 13.1. The van der Waals surface area contributed by atoms with Gasteiger partial charge in [-0.15, -0.1) is 0 Å². The van der Waals surface area contributed by atoms with Gasteiger partial charge < -0.3 is 10.6 Å². The number of rotatable bonds is 7. The molecular weight excluding hydrogens is 302 g/mol. The molecule has 0 saturated heterocycles. The van der Waals surface area contributed by atoms with E-state index in [1.807, 2.05) is 44.2 Å². The molecule has 5 nitrogen and oxygen atoms in total. The smallest absolute Gasteiger partial charge is 0.269 e. The molecule has 5 heteroatoms. The molecule has 0 unspecified atom stereocenters. The lowest BCUT2D eigenvalue weighted by Crippen LogP contribution is -2.29. The monoisotopic (exact) mass is 325 g/mol. The van der Waals surface area contributed by atoms with Gasteiger partial charge in [0.2, 0.25) is 0 Å². The van der Waals surface area contributed by atoms with Crippen LogP contribution in [0, 0.1) is 5.92 Å². The van der Waals surface area contributed by atoms with Crippen molar-refractivity contribution < 1.29 is 9.59 Å². The zero-order valence-corrected chi connectivity index (χ0v) is 14.1. The molecule has 0 radical (unpaired) electrons. The molecule has 2 N–H and O–H groups in total. The van der Waals surface area contributed by atoms with E-state index in [0.717, 1.165) is 12.0 Å². The Balaban J connectivity index is 1.90. The lowest BCUT2D eigenvalue weighted by molar-refractivity contribution is 0.0949. The third kappa shape index (κ3) is 5.50. The number of carbonyl (C=O) groups is 2. The van der Waals surface area contributed by atoms with E-state index in [4.69, 9.17) is 0 Å². The molecule has 2 aromatic rings. The molecular formula is C19H23N3O2. The van der Waals surface area contributed by atoms with Gasteiger partial charge in [-0.2, -0.15) is 0 Å². The van der Waals surface area contributed by atoms with Crippen LogP contribution in [0.3, 0.4) is 0 Å². The van der Waals surface area contributed by atoms with Crippen LogP contribution in [0.1, 0.15) is 40.3 Å². The Bertz CT molecular complexity index is 684. The van der Waals surface area contributed by atoms with Crippen molar-refractivity contribution in [3.8, 4) is 0 Å². The van der Waals surface area contributed by atoms with Gasteiger partial charge in [-0.1, -0.05) is 44.2 Å². The number of aromatic nitrogens is 1. The summed E-state index contributed by atoms with van der Waals surface area (Å²) in [5.41, 5.74) is 1.85. The van der Waals surface area contributed by atoms with Gasteiger partial charge in [0, 0.05) is 24.8 Å². The lowest BCUT2D eigenvalue weighted by atomic mass is 10.1. The summed E-state index contributed by atoms with van der Waals surface area (Å²) in [4.78, 5) is 28.3. The largest absolute Gasteiger partial charge is 0.352 e. The van der Waals surface area contributed by atoms with E-state index in [1.165, 1.54) is 12.3 Å². The van der Waals surface area contributed by atoms with Gasteiger partial charge in [0.05, 0.1) is 0 Å². The highest BCUT2D eigenvalue weighted by Gasteiger charge is 2.11. The van der Waals surface area contributed by atoms with Crippen LogP contribution in [0.5, 0.6) is 0 Å². The zero-order valence-electron chi connectivity index (χ0n) is 14.1. The van der Waals surface area contributed by atoms with Gasteiger partial charge in [-0.05, 0) is 30.0 Å². The first kappa shape index (κ1) is 17.7. The molecule has 0 aliphatic rings. The predicted molar refractivity (Wildman–Crippen MR) is 93.9 cm³/mol. The molecule has 1 aromatic carbocycles. The van der Waals surface area contributed by atoms with Crippen molar-refractivity contribution in [3.05, 3.63) is 65.5 Å². The Hall–Kier alpha value is -2.69. The summed E-state index contributed by atoms with van der Waals surface area (Å²) in [6.45, 7) is 5.17. The molecule has 0 bridgehead atoms. The third-order valence-corrected chi connectivity index (χ3v) is 3.47. The van der Waals surface area contributed by atoms with Crippen molar-refractivity contribution in [2.45, 2.75) is 20.3 Å². The Morgan fingerprint density at radius 2 is 1.79 bits per heavy atom. The Morgan fingerprint density at radius 3 is 2.50 bits per heavy atom. The lowest BCUT2D eigenvalue weighted by Gasteiger charge is -2.09. The highest BCUT2D eigenvalue weighted by molar-refractivity contribution is 5.98. The van der Waals surface area contributed by atoms with Gasteiger partial charge in [0.1, 0.15) is 5.69 Å². The molecule has 0 aliphatic heterocycles. The number of nitrogens with zero attached hydrogens (tertiary/aromatic N) is 1. The minimum Gasteiger partial charge on any atom is -0.352 e. The molecule has 0 aliphatic carbocycles. The SMILES string of the molecule is CC(C)CNC(=O)c1ccnc(C(=O)NCCc2ccccc2)c1. The maximum absolute atomic E-state index is 12.2. The normalized spacial score (nSPS) is 10.5. The van der Waals surface area contributed by atoms with Crippen molar-refractivity contribution in [1.82, 2.24) is 15.6 Å². The number of carbonyl (C=O) groups excluding carboxylic acids is 2. The van der Waals surface area contributed by atoms with Crippen LogP contribution >= 0.6 is 0 Å². The zero-order chi connectivity index (χ0) is 17.4. The highest BCUT2D eigenvalue weighted by atomic mass is 16.2. The number of hydrogen-bond acceptors (Lipinski definition) is 3. The van der Waals surface area contributed by atoms with Gasteiger partial charge in [-0.3, -0.25) is 14.6 Å². The van der Waals surface area contributed by atoms with E-state index in [9.17, 15) is 9.59 Å². The van der Waals surface area contributed by atoms with Crippen molar-refractivity contribution in [2.75, 3.05) is 13.1 Å². The topological polar surface area (TPSA) is 71.1 Å². The molecule has 0 spiro atoms. The molecule has 2 rings (SSSR count). The van der Waals surface area contributed by atoms with Crippen LogP contribution in [0.25, 0.3) is 0 Å². The van der Waals surface area contributed by atoms with E-state index >= 15 is 0 Å². The maximum Gasteiger partial charge on any atom is 0.269 e. The van der Waals surface area contributed by atoms with Gasteiger partial charge >= 0.3 is 0 Å². The van der Waals surface area contributed by atoms with Gasteiger partial charge in [0.15, 0.2) is 0 Å². The van der Waals surface area contributed by atoms with Crippen LogP contribution in [0.4, 0.5) is 0 Å². The minimum absolute atomic E-state index is 0.190. The second-order valence-electron chi connectivity index (χ2n) is 6.03. The third-order valence-electron chi connectivity index (χ3n) is 3.47. The molecule has 0 atom stereocenters. The van der Waals surface area contributed by atoms with Gasteiger partial charge in [-0.25, -0.2) is 0 Å². The minimum atomic E-state index is -0.274. The molecule has 2 amide bonds. The first-order valence-electron chi connectivity index (χ1n) is 8.12. The number of pyridine rings is 1. The Kier molecular flexibility index (Phi) is 6.49. The van der Waals surface area contributed by atoms with Gasteiger partial charge in [0.25, 0.3) is 11.8 Å². The number of amides is 2. The molecule has 0 fully saturated rings. The van der Waals surface area contributed by atoms with Crippen LogP contribution in [0.2, 0.25) is 0 Å². The molecule has 24 heavy (non-hydrogen) atoms. The van der Waals surface area contributed by atoms with E-state index in [-0.39, 0.29) is 17.5 Å². The van der Waals surface area contributed by atoms with E-state index in [1.54, 1.807) is 6.07 Å². The van der Waals surface area contributed by atoms with Crippen LogP contribution in [0.15, 0.2) is 48.7 Å².